The first-order valence-corrected chi connectivity index (χ1v) is 8.31. The number of nitrogens with zero attached hydrogens (tertiary/aromatic N) is 1. The van der Waals surface area contributed by atoms with Crippen LogP contribution in [0.3, 0.4) is 0 Å². The molecule has 0 bridgehead atoms. The molecule has 1 fully saturated rings. The van der Waals surface area contributed by atoms with E-state index in [9.17, 15) is 9.59 Å². The molecule has 0 saturated carbocycles. The maximum Gasteiger partial charge on any atom is 0.329 e. The van der Waals surface area contributed by atoms with Crippen molar-refractivity contribution >= 4 is 23.6 Å². The highest BCUT2D eigenvalue weighted by atomic mass is 32.2. The fraction of sp³-hybridized carbons (Fsp3) is 0.467. The number of benzene rings is 1. The van der Waals surface area contributed by atoms with Gasteiger partial charge < -0.3 is 19.1 Å². The quantitative estimate of drug-likeness (QED) is 0.786. The zero-order valence-corrected chi connectivity index (χ0v) is 13.1. The molecular formula is C15H17NO5S. The standard InChI is InChI=1S/C15H17NO5S/c1-2-19-15(18)11-8-22-6-5-16(11)14(17)10-3-4-12-13(7-10)21-9-20-12/h3-4,7,11H,2,5-6,8-9H2,1H3/t11-/m0/s1. The van der Waals surface area contributed by atoms with Gasteiger partial charge in [0.1, 0.15) is 6.04 Å². The van der Waals surface area contributed by atoms with Crippen LogP contribution in [0.4, 0.5) is 0 Å². The lowest BCUT2D eigenvalue weighted by molar-refractivity contribution is -0.147. The first-order valence-electron chi connectivity index (χ1n) is 7.15. The van der Waals surface area contributed by atoms with E-state index in [0.29, 0.717) is 36.0 Å². The molecule has 1 saturated heterocycles. The summed E-state index contributed by atoms with van der Waals surface area (Å²) in [5.74, 6) is 2.04. The number of rotatable bonds is 3. The van der Waals surface area contributed by atoms with E-state index in [0.717, 1.165) is 5.75 Å². The molecule has 2 heterocycles. The number of hydrogen-bond acceptors (Lipinski definition) is 6. The summed E-state index contributed by atoms with van der Waals surface area (Å²) in [7, 11) is 0. The lowest BCUT2D eigenvalue weighted by Crippen LogP contribution is -2.51. The molecule has 1 aromatic carbocycles. The molecule has 0 aliphatic carbocycles. The molecule has 7 heteroatoms. The minimum absolute atomic E-state index is 0.165. The molecule has 0 N–H and O–H groups in total. The summed E-state index contributed by atoms with van der Waals surface area (Å²) in [6.07, 6.45) is 0. The van der Waals surface area contributed by atoms with Gasteiger partial charge in [-0.2, -0.15) is 11.8 Å². The molecule has 2 aliphatic heterocycles. The summed E-state index contributed by atoms with van der Waals surface area (Å²) >= 11 is 1.65. The molecular weight excluding hydrogens is 306 g/mol. The van der Waals surface area contributed by atoms with Gasteiger partial charge in [-0.15, -0.1) is 0 Å². The Morgan fingerprint density at radius 3 is 3.00 bits per heavy atom. The second kappa shape index (κ2) is 6.48. The Labute approximate surface area is 132 Å². The number of amides is 1. The van der Waals surface area contributed by atoms with Crippen molar-refractivity contribution in [3.05, 3.63) is 23.8 Å². The van der Waals surface area contributed by atoms with Crippen LogP contribution in [0.1, 0.15) is 17.3 Å². The van der Waals surface area contributed by atoms with Gasteiger partial charge in [-0.3, -0.25) is 4.79 Å². The monoisotopic (exact) mass is 323 g/mol. The SMILES string of the molecule is CCOC(=O)[C@@H]1CSCCN1C(=O)c1ccc2c(c1)OCO2. The fourth-order valence-corrected chi connectivity index (χ4v) is 3.51. The third kappa shape index (κ3) is 2.85. The normalized spacial score (nSPS) is 19.9. The zero-order valence-electron chi connectivity index (χ0n) is 12.2. The van der Waals surface area contributed by atoms with Crippen molar-refractivity contribution < 1.29 is 23.8 Å². The van der Waals surface area contributed by atoms with Crippen LogP contribution in [-0.4, -0.2) is 54.3 Å². The second-order valence-electron chi connectivity index (χ2n) is 4.91. The second-order valence-corrected chi connectivity index (χ2v) is 6.06. The average Bonchev–Trinajstić information content (AvgIpc) is 3.02. The van der Waals surface area contributed by atoms with Crippen molar-refractivity contribution in [2.45, 2.75) is 13.0 Å². The van der Waals surface area contributed by atoms with E-state index in [2.05, 4.69) is 0 Å². The lowest BCUT2D eigenvalue weighted by Gasteiger charge is -2.33. The van der Waals surface area contributed by atoms with Crippen molar-refractivity contribution in [3.8, 4) is 11.5 Å². The number of thioether (sulfide) groups is 1. The van der Waals surface area contributed by atoms with Gasteiger partial charge >= 0.3 is 5.97 Å². The van der Waals surface area contributed by atoms with Crippen molar-refractivity contribution in [3.63, 3.8) is 0 Å². The molecule has 0 spiro atoms. The molecule has 3 rings (SSSR count). The summed E-state index contributed by atoms with van der Waals surface area (Å²) < 4.78 is 15.6. The highest BCUT2D eigenvalue weighted by molar-refractivity contribution is 7.99. The first-order chi connectivity index (χ1) is 10.7. The van der Waals surface area contributed by atoms with E-state index in [-0.39, 0.29) is 18.7 Å². The minimum atomic E-state index is -0.531. The van der Waals surface area contributed by atoms with Crippen molar-refractivity contribution in [2.75, 3.05) is 31.5 Å². The number of fused-ring (bicyclic) bond motifs is 1. The lowest BCUT2D eigenvalue weighted by atomic mass is 10.1. The van der Waals surface area contributed by atoms with Gasteiger partial charge in [0, 0.05) is 23.6 Å². The Kier molecular flexibility index (Phi) is 4.42. The molecule has 1 aromatic rings. The number of ether oxygens (including phenoxy) is 3. The molecule has 0 radical (unpaired) electrons. The molecule has 1 atom stereocenters. The van der Waals surface area contributed by atoms with Crippen LogP contribution in [0.15, 0.2) is 18.2 Å². The molecule has 22 heavy (non-hydrogen) atoms. The van der Waals surface area contributed by atoms with E-state index < -0.39 is 6.04 Å². The van der Waals surface area contributed by atoms with Crippen LogP contribution in [0, 0.1) is 0 Å². The predicted octanol–water partition coefficient (Wildman–Crippen LogP) is 1.54. The van der Waals surface area contributed by atoms with Gasteiger partial charge in [0.05, 0.1) is 6.61 Å². The molecule has 0 unspecified atom stereocenters. The Morgan fingerprint density at radius 2 is 2.18 bits per heavy atom. The Balaban J connectivity index is 1.81. The van der Waals surface area contributed by atoms with E-state index in [4.69, 9.17) is 14.2 Å². The van der Waals surface area contributed by atoms with E-state index >= 15 is 0 Å². The molecule has 2 aliphatic rings. The van der Waals surface area contributed by atoms with E-state index in [1.165, 1.54) is 0 Å². The first kappa shape index (κ1) is 15.0. The molecule has 118 valence electrons. The summed E-state index contributed by atoms with van der Waals surface area (Å²) in [5.41, 5.74) is 0.491. The maximum atomic E-state index is 12.7. The fourth-order valence-electron chi connectivity index (χ4n) is 2.48. The third-order valence-corrected chi connectivity index (χ3v) is 4.59. The van der Waals surface area contributed by atoms with Crippen LogP contribution in [0.25, 0.3) is 0 Å². The smallest absolute Gasteiger partial charge is 0.329 e. The summed E-state index contributed by atoms with van der Waals surface area (Å²) in [6.45, 7) is 2.77. The van der Waals surface area contributed by atoms with Gasteiger partial charge in [0.25, 0.3) is 5.91 Å². The van der Waals surface area contributed by atoms with Crippen LogP contribution in [0.2, 0.25) is 0 Å². The Bertz CT molecular complexity index is 591. The van der Waals surface area contributed by atoms with Crippen LogP contribution >= 0.6 is 11.8 Å². The number of carbonyl (C=O) groups excluding carboxylic acids is 2. The van der Waals surface area contributed by atoms with Gasteiger partial charge in [0.2, 0.25) is 6.79 Å². The van der Waals surface area contributed by atoms with Gasteiger partial charge in [0.15, 0.2) is 11.5 Å². The topological polar surface area (TPSA) is 65.1 Å². The highest BCUT2D eigenvalue weighted by Gasteiger charge is 2.34. The van der Waals surface area contributed by atoms with Crippen LogP contribution < -0.4 is 9.47 Å². The van der Waals surface area contributed by atoms with Crippen molar-refractivity contribution in [1.82, 2.24) is 4.90 Å². The molecule has 1 amide bonds. The zero-order chi connectivity index (χ0) is 15.5. The maximum absolute atomic E-state index is 12.7. The van der Waals surface area contributed by atoms with Crippen LogP contribution in [-0.2, 0) is 9.53 Å². The molecule has 0 aromatic heterocycles. The van der Waals surface area contributed by atoms with Gasteiger partial charge in [-0.25, -0.2) is 4.79 Å². The largest absolute Gasteiger partial charge is 0.464 e. The predicted molar refractivity (Wildman–Crippen MR) is 81.3 cm³/mol. The van der Waals surface area contributed by atoms with E-state index in [1.54, 1.807) is 41.8 Å². The van der Waals surface area contributed by atoms with Crippen molar-refractivity contribution in [2.24, 2.45) is 0 Å². The number of hydrogen-bond donors (Lipinski definition) is 0. The third-order valence-electron chi connectivity index (χ3n) is 3.57. The van der Waals surface area contributed by atoms with E-state index in [1.807, 2.05) is 0 Å². The average molecular weight is 323 g/mol. The Hall–Kier alpha value is -1.89. The summed E-state index contributed by atoms with van der Waals surface area (Å²) in [6, 6.07) is 4.54. The van der Waals surface area contributed by atoms with Crippen molar-refractivity contribution in [1.29, 1.82) is 0 Å². The number of esters is 1. The van der Waals surface area contributed by atoms with Gasteiger partial charge in [-0.05, 0) is 25.1 Å². The number of carbonyl (C=O) groups is 2. The summed E-state index contributed by atoms with van der Waals surface area (Å²) in [5, 5.41) is 0. The molecule has 6 nitrogen and oxygen atoms in total. The summed E-state index contributed by atoms with van der Waals surface area (Å²) in [4.78, 5) is 26.4. The van der Waals surface area contributed by atoms with Crippen LogP contribution in [0.5, 0.6) is 11.5 Å². The Morgan fingerprint density at radius 1 is 1.36 bits per heavy atom. The minimum Gasteiger partial charge on any atom is -0.464 e. The van der Waals surface area contributed by atoms with Gasteiger partial charge in [-0.1, -0.05) is 0 Å². The highest BCUT2D eigenvalue weighted by Crippen LogP contribution is 2.33.